The van der Waals surface area contributed by atoms with Crippen LogP contribution in [-0.4, -0.2) is 28.4 Å². The van der Waals surface area contributed by atoms with E-state index in [0.717, 1.165) is 39.8 Å². The van der Waals surface area contributed by atoms with Crippen LogP contribution in [-0.2, 0) is 17.6 Å². The third kappa shape index (κ3) is 3.09. The van der Waals surface area contributed by atoms with E-state index in [9.17, 15) is 4.79 Å². The molecule has 1 atom stereocenters. The van der Waals surface area contributed by atoms with E-state index < -0.39 is 0 Å². The van der Waals surface area contributed by atoms with E-state index in [1.54, 1.807) is 18.4 Å². The SMILES string of the molecule is COc1cccc(-c2cn3c(CC(=O)N4c5ccccc5CC4C)csc3n2)c1. The first kappa shape index (κ1) is 17.9. The molecule has 3 heterocycles. The molecule has 1 aliphatic heterocycles. The summed E-state index contributed by atoms with van der Waals surface area (Å²) in [6.07, 6.45) is 3.27. The average Bonchev–Trinajstić information content (AvgIpc) is 3.41. The third-order valence-corrected chi connectivity index (χ3v) is 6.35. The molecule has 5 rings (SSSR count). The molecule has 6 heteroatoms. The molecule has 0 saturated carbocycles. The zero-order valence-electron chi connectivity index (χ0n) is 16.3. The van der Waals surface area contributed by atoms with Crippen LogP contribution in [0.1, 0.15) is 18.2 Å². The van der Waals surface area contributed by atoms with Crippen molar-refractivity contribution < 1.29 is 9.53 Å². The molecule has 2 aromatic heterocycles. The topological polar surface area (TPSA) is 46.8 Å². The first-order valence-electron chi connectivity index (χ1n) is 9.64. The number of methoxy groups -OCH3 is 1. The van der Waals surface area contributed by atoms with Crippen molar-refractivity contribution in [3.05, 3.63) is 71.4 Å². The van der Waals surface area contributed by atoms with E-state index in [1.165, 1.54) is 5.56 Å². The smallest absolute Gasteiger partial charge is 0.233 e. The Balaban J connectivity index is 1.44. The van der Waals surface area contributed by atoms with Gasteiger partial charge in [0.2, 0.25) is 5.91 Å². The molecule has 0 radical (unpaired) electrons. The van der Waals surface area contributed by atoms with Gasteiger partial charge in [0.25, 0.3) is 0 Å². The number of thiazole rings is 1. The fourth-order valence-corrected chi connectivity index (χ4v) is 4.94. The maximum Gasteiger partial charge on any atom is 0.233 e. The summed E-state index contributed by atoms with van der Waals surface area (Å²) in [5.41, 5.74) is 5.13. The number of hydrogen-bond donors (Lipinski definition) is 0. The molecular weight excluding hydrogens is 382 g/mol. The normalized spacial score (nSPS) is 15.7. The molecule has 146 valence electrons. The molecule has 0 fully saturated rings. The van der Waals surface area contributed by atoms with Gasteiger partial charge in [0.15, 0.2) is 4.96 Å². The van der Waals surface area contributed by atoms with Gasteiger partial charge in [0, 0.05) is 34.6 Å². The van der Waals surface area contributed by atoms with Crippen molar-refractivity contribution in [1.29, 1.82) is 0 Å². The minimum atomic E-state index is 0.124. The van der Waals surface area contributed by atoms with E-state index >= 15 is 0 Å². The highest BCUT2D eigenvalue weighted by atomic mass is 32.1. The van der Waals surface area contributed by atoms with Crippen LogP contribution in [0.5, 0.6) is 5.75 Å². The molecule has 1 aliphatic rings. The monoisotopic (exact) mass is 403 g/mol. The van der Waals surface area contributed by atoms with Gasteiger partial charge in [-0.05, 0) is 37.1 Å². The molecule has 0 saturated heterocycles. The second-order valence-corrected chi connectivity index (χ2v) is 8.20. The average molecular weight is 404 g/mol. The van der Waals surface area contributed by atoms with E-state index in [2.05, 4.69) is 13.0 Å². The molecule has 0 aliphatic carbocycles. The van der Waals surface area contributed by atoms with Crippen LogP contribution in [0, 0.1) is 0 Å². The molecule has 29 heavy (non-hydrogen) atoms. The van der Waals surface area contributed by atoms with E-state index in [0.29, 0.717) is 6.42 Å². The highest BCUT2D eigenvalue weighted by Crippen LogP contribution is 2.33. The van der Waals surface area contributed by atoms with Crippen LogP contribution in [0.3, 0.4) is 0 Å². The first-order valence-corrected chi connectivity index (χ1v) is 10.5. The lowest BCUT2D eigenvalue weighted by atomic mass is 10.1. The Morgan fingerprint density at radius 1 is 1.24 bits per heavy atom. The van der Waals surface area contributed by atoms with Crippen molar-refractivity contribution in [2.24, 2.45) is 0 Å². The Morgan fingerprint density at radius 3 is 2.97 bits per heavy atom. The summed E-state index contributed by atoms with van der Waals surface area (Å²) < 4.78 is 7.35. The predicted molar refractivity (Wildman–Crippen MR) is 116 cm³/mol. The predicted octanol–water partition coefficient (Wildman–Crippen LogP) is 4.59. The Hall–Kier alpha value is -3.12. The minimum Gasteiger partial charge on any atom is -0.497 e. The quantitative estimate of drug-likeness (QED) is 0.501. The lowest BCUT2D eigenvalue weighted by molar-refractivity contribution is -0.118. The summed E-state index contributed by atoms with van der Waals surface area (Å²) in [4.78, 5) is 20.7. The number of carbonyl (C=O) groups excluding carboxylic acids is 1. The van der Waals surface area contributed by atoms with Crippen molar-refractivity contribution in [3.8, 4) is 17.0 Å². The maximum absolute atomic E-state index is 13.2. The fraction of sp³-hybridized carbons (Fsp3) is 0.217. The van der Waals surface area contributed by atoms with Gasteiger partial charge >= 0.3 is 0 Å². The van der Waals surface area contributed by atoms with Crippen molar-refractivity contribution in [2.75, 3.05) is 12.0 Å². The molecule has 0 spiro atoms. The van der Waals surface area contributed by atoms with Gasteiger partial charge in [0.1, 0.15) is 5.75 Å². The molecule has 0 bridgehead atoms. The number of aromatic nitrogens is 2. The van der Waals surface area contributed by atoms with Crippen LogP contribution in [0.2, 0.25) is 0 Å². The number of imidazole rings is 1. The second kappa shape index (κ2) is 7.04. The van der Waals surface area contributed by atoms with Gasteiger partial charge in [-0.15, -0.1) is 11.3 Å². The summed E-state index contributed by atoms with van der Waals surface area (Å²) in [6, 6.07) is 16.2. The fourth-order valence-electron chi connectivity index (χ4n) is 4.06. The Bertz CT molecular complexity index is 1210. The van der Waals surface area contributed by atoms with E-state index in [4.69, 9.17) is 9.72 Å². The number of nitrogens with zero attached hydrogens (tertiary/aromatic N) is 3. The van der Waals surface area contributed by atoms with Crippen LogP contribution in [0.4, 0.5) is 5.69 Å². The van der Waals surface area contributed by atoms with Crippen molar-refractivity contribution in [1.82, 2.24) is 9.38 Å². The number of anilines is 1. The van der Waals surface area contributed by atoms with E-state index in [-0.39, 0.29) is 11.9 Å². The largest absolute Gasteiger partial charge is 0.497 e. The first-order chi connectivity index (χ1) is 14.1. The molecule has 4 aromatic rings. The summed E-state index contributed by atoms with van der Waals surface area (Å²) in [5, 5.41) is 2.03. The highest BCUT2D eigenvalue weighted by molar-refractivity contribution is 7.15. The third-order valence-electron chi connectivity index (χ3n) is 5.46. The van der Waals surface area contributed by atoms with Gasteiger partial charge in [0.05, 0.1) is 19.2 Å². The molecule has 0 N–H and O–H groups in total. The molecule has 5 nitrogen and oxygen atoms in total. The molecular formula is C23H21N3O2S. The van der Waals surface area contributed by atoms with Crippen LogP contribution < -0.4 is 9.64 Å². The summed E-state index contributed by atoms with van der Waals surface area (Å²) in [5.74, 6) is 0.926. The number of fused-ring (bicyclic) bond motifs is 2. The number of carbonyl (C=O) groups is 1. The van der Waals surface area contributed by atoms with Gasteiger partial charge in [-0.2, -0.15) is 0 Å². The van der Waals surface area contributed by atoms with Crippen LogP contribution in [0.25, 0.3) is 16.2 Å². The zero-order valence-corrected chi connectivity index (χ0v) is 17.1. The van der Waals surface area contributed by atoms with Gasteiger partial charge in [-0.25, -0.2) is 4.98 Å². The summed E-state index contributed by atoms with van der Waals surface area (Å²) in [7, 11) is 1.66. The van der Waals surface area contributed by atoms with Gasteiger partial charge < -0.3 is 9.64 Å². The van der Waals surface area contributed by atoms with Crippen molar-refractivity contribution in [3.63, 3.8) is 0 Å². The van der Waals surface area contributed by atoms with Crippen LogP contribution >= 0.6 is 11.3 Å². The van der Waals surface area contributed by atoms with Crippen LogP contribution in [0.15, 0.2) is 60.1 Å². The highest BCUT2D eigenvalue weighted by Gasteiger charge is 2.30. The molecule has 1 amide bonds. The van der Waals surface area contributed by atoms with Crippen molar-refractivity contribution >= 4 is 27.9 Å². The Kier molecular flexibility index (Phi) is 4.36. The Labute approximate surface area is 173 Å². The number of rotatable bonds is 4. The summed E-state index contributed by atoms with van der Waals surface area (Å²) in [6.45, 7) is 2.11. The lowest BCUT2D eigenvalue weighted by Gasteiger charge is -2.22. The minimum absolute atomic E-state index is 0.124. The number of benzene rings is 2. The van der Waals surface area contributed by atoms with Crippen molar-refractivity contribution in [2.45, 2.75) is 25.8 Å². The summed E-state index contributed by atoms with van der Waals surface area (Å²) >= 11 is 1.56. The Morgan fingerprint density at radius 2 is 2.10 bits per heavy atom. The number of amides is 1. The maximum atomic E-state index is 13.2. The number of hydrogen-bond acceptors (Lipinski definition) is 4. The molecule has 2 aromatic carbocycles. The lowest BCUT2D eigenvalue weighted by Crippen LogP contribution is -2.37. The van der Waals surface area contributed by atoms with E-state index in [1.807, 2.05) is 63.3 Å². The zero-order chi connectivity index (χ0) is 20.0. The number of ether oxygens (including phenoxy) is 1. The second-order valence-electron chi connectivity index (χ2n) is 7.36. The van der Waals surface area contributed by atoms with Gasteiger partial charge in [-0.3, -0.25) is 9.20 Å². The standard InChI is InChI=1S/C23H21N3O2S/c1-15-10-17-6-3-4-9-21(17)26(15)22(27)12-18-14-29-23-24-20(13-25(18)23)16-7-5-8-19(11-16)28-2/h3-9,11,13-15H,10,12H2,1-2H3. The number of para-hydroxylation sites is 1. The molecule has 1 unspecified atom stereocenters. The van der Waals surface area contributed by atoms with Gasteiger partial charge in [-0.1, -0.05) is 30.3 Å².